The zero-order valence-electron chi connectivity index (χ0n) is 10.4. The highest BCUT2D eigenvalue weighted by Crippen LogP contribution is 2.24. The van der Waals surface area contributed by atoms with Crippen LogP contribution in [0.1, 0.15) is 5.56 Å². The summed E-state index contributed by atoms with van der Waals surface area (Å²) in [6.07, 6.45) is 0.974. The van der Waals surface area contributed by atoms with E-state index in [4.69, 9.17) is 4.52 Å². The number of hydrogen-bond donors (Lipinski definition) is 1. The molecule has 3 rings (SSSR count). The highest BCUT2D eigenvalue weighted by Gasteiger charge is 2.06. The minimum Gasteiger partial charge on any atom is -0.367 e. The van der Waals surface area contributed by atoms with Crippen molar-refractivity contribution in [2.24, 2.45) is 0 Å². The first-order chi connectivity index (χ1) is 9.42. The Morgan fingerprint density at radius 1 is 1.16 bits per heavy atom. The molecule has 0 radical (unpaired) electrons. The van der Waals surface area contributed by atoms with Gasteiger partial charge in [-0.3, -0.25) is 0 Å². The van der Waals surface area contributed by atoms with Crippen LogP contribution in [0.5, 0.6) is 0 Å². The van der Waals surface area contributed by atoms with Gasteiger partial charge in [-0.1, -0.05) is 35.5 Å². The summed E-state index contributed by atoms with van der Waals surface area (Å²) in [7, 11) is 0. The van der Waals surface area contributed by atoms with E-state index >= 15 is 0 Å². The van der Waals surface area contributed by atoms with Gasteiger partial charge in [0.15, 0.2) is 11.6 Å². The van der Waals surface area contributed by atoms with Crippen LogP contribution in [0.3, 0.4) is 0 Å². The van der Waals surface area contributed by atoms with E-state index in [2.05, 4.69) is 34.7 Å². The molecule has 1 N–H and O–H groups in total. The average Bonchev–Trinajstić information content (AvgIpc) is 3.10. The van der Waals surface area contributed by atoms with Gasteiger partial charge in [0, 0.05) is 23.6 Å². The Morgan fingerprint density at radius 3 is 2.84 bits per heavy atom. The Hall–Kier alpha value is -2.07. The number of aromatic nitrogens is 1. The second-order valence-corrected chi connectivity index (χ2v) is 5.03. The van der Waals surface area contributed by atoms with E-state index < -0.39 is 0 Å². The third-order valence-corrected chi connectivity index (χ3v) is 3.56. The summed E-state index contributed by atoms with van der Waals surface area (Å²) < 4.78 is 5.31. The second kappa shape index (κ2) is 5.71. The van der Waals surface area contributed by atoms with Crippen molar-refractivity contribution in [1.29, 1.82) is 0 Å². The third kappa shape index (κ3) is 3.03. The predicted octanol–water partition coefficient (Wildman–Crippen LogP) is 4.06. The van der Waals surface area contributed by atoms with Crippen LogP contribution in [0.4, 0.5) is 5.82 Å². The molecule has 0 saturated carbocycles. The second-order valence-electron chi connectivity index (χ2n) is 4.25. The lowest BCUT2D eigenvalue weighted by Crippen LogP contribution is -2.04. The van der Waals surface area contributed by atoms with Crippen molar-refractivity contribution in [3.8, 4) is 11.3 Å². The van der Waals surface area contributed by atoms with E-state index in [1.807, 2.05) is 29.0 Å². The first kappa shape index (κ1) is 12.0. The van der Waals surface area contributed by atoms with Crippen LogP contribution in [-0.2, 0) is 6.42 Å². The molecule has 0 spiro atoms. The lowest BCUT2D eigenvalue weighted by atomic mass is 10.1. The molecule has 0 unspecified atom stereocenters. The number of rotatable bonds is 5. The number of nitrogens with one attached hydrogen (secondary N) is 1. The Morgan fingerprint density at radius 2 is 2.05 bits per heavy atom. The van der Waals surface area contributed by atoms with Crippen molar-refractivity contribution in [2.45, 2.75) is 6.42 Å². The quantitative estimate of drug-likeness (QED) is 0.759. The summed E-state index contributed by atoms with van der Waals surface area (Å²) in [6, 6.07) is 14.4. The van der Waals surface area contributed by atoms with Gasteiger partial charge in [0.25, 0.3) is 0 Å². The maximum atomic E-state index is 5.31. The van der Waals surface area contributed by atoms with Crippen molar-refractivity contribution in [3.05, 3.63) is 58.8 Å². The number of hydrogen-bond acceptors (Lipinski definition) is 4. The fraction of sp³-hybridized carbons (Fsp3) is 0.133. The predicted molar refractivity (Wildman–Crippen MR) is 78.5 cm³/mol. The van der Waals surface area contributed by atoms with Gasteiger partial charge in [0.2, 0.25) is 0 Å². The number of nitrogens with zero attached hydrogens (tertiary/aromatic N) is 1. The molecule has 0 amide bonds. The van der Waals surface area contributed by atoms with E-state index in [1.54, 1.807) is 11.3 Å². The monoisotopic (exact) mass is 270 g/mol. The molecule has 0 fully saturated rings. The van der Waals surface area contributed by atoms with Gasteiger partial charge in [-0.2, -0.15) is 11.3 Å². The van der Waals surface area contributed by atoms with E-state index in [1.165, 1.54) is 5.56 Å². The highest BCUT2D eigenvalue weighted by atomic mass is 32.1. The molecule has 4 heteroatoms. The van der Waals surface area contributed by atoms with Gasteiger partial charge in [-0.25, -0.2) is 0 Å². The molecule has 2 aromatic heterocycles. The van der Waals surface area contributed by atoms with Gasteiger partial charge >= 0.3 is 0 Å². The summed E-state index contributed by atoms with van der Waals surface area (Å²) >= 11 is 1.65. The molecule has 0 aliphatic carbocycles. The molecule has 0 atom stereocenters. The summed E-state index contributed by atoms with van der Waals surface area (Å²) in [4.78, 5) is 0. The zero-order chi connectivity index (χ0) is 12.9. The maximum absolute atomic E-state index is 5.31. The zero-order valence-corrected chi connectivity index (χ0v) is 11.2. The molecule has 3 nitrogen and oxygen atoms in total. The van der Waals surface area contributed by atoms with Crippen molar-refractivity contribution in [2.75, 3.05) is 11.9 Å². The summed E-state index contributed by atoms with van der Waals surface area (Å²) in [6.45, 7) is 0.847. The normalized spacial score (nSPS) is 10.5. The Labute approximate surface area is 115 Å². The van der Waals surface area contributed by atoms with Crippen molar-refractivity contribution in [1.82, 2.24) is 5.16 Å². The fourth-order valence-electron chi connectivity index (χ4n) is 1.88. The van der Waals surface area contributed by atoms with Crippen LogP contribution in [0.15, 0.2) is 57.7 Å². The Bertz CT molecular complexity index is 617. The Balaban J connectivity index is 1.56. The summed E-state index contributed by atoms with van der Waals surface area (Å²) in [5.74, 6) is 1.60. The molecular formula is C15H14N2OS. The third-order valence-electron chi connectivity index (χ3n) is 2.88. The molecule has 19 heavy (non-hydrogen) atoms. The lowest BCUT2D eigenvalue weighted by molar-refractivity contribution is 0.435. The average molecular weight is 270 g/mol. The highest BCUT2D eigenvalue weighted by molar-refractivity contribution is 7.08. The molecule has 0 aliphatic rings. The smallest absolute Gasteiger partial charge is 0.170 e. The molecule has 3 aromatic rings. The van der Waals surface area contributed by atoms with Crippen LogP contribution in [-0.4, -0.2) is 11.7 Å². The minimum atomic E-state index is 0.789. The SMILES string of the molecule is c1ccc(CCNc2cc(-c3ccsc3)on2)cc1. The van der Waals surface area contributed by atoms with Crippen LogP contribution in [0.25, 0.3) is 11.3 Å². The lowest BCUT2D eigenvalue weighted by Gasteiger charge is -2.01. The van der Waals surface area contributed by atoms with Crippen molar-refractivity contribution >= 4 is 17.2 Å². The molecule has 0 saturated heterocycles. The van der Waals surface area contributed by atoms with E-state index in [0.29, 0.717) is 0 Å². The maximum Gasteiger partial charge on any atom is 0.170 e. The molecule has 0 aliphatic heterocycles. The van der Waals surface area contributed by atoms with E-state index in [9.17, 15) is 0 Å². The summed E-state index contributed by atoms with van der Waals surface area (Å²) in [5.41, 5.74) is 2.39. The van der Waals surface area contributed by atoms with Gasteiger partial charge in [-0.15, -0.1) is 0 Å². The molecule has 2 heterocycles. The van der Waals surface area contributed by atoms with Crippen LogP contribution in [0, 0.1) is 0 Å². The number of thiophene rings is 1. The van der Waals surface area contributed by atoms with Crippen LogP contribution < -0.4 is 5.32 Å². The van der Waals surface area contributed by atoms with Gasteiger partial charge < -0.3 is 9.84 Å². The molecule has 1 aromatic carbocycles. The fourth-order valence-corrected chi connectivity index (χ4v) is 2.52. The standard InChI is InChI=1S/C15H14N2OS/c1-2-4-12(5-3-1)6-8-16-15-10-14(18-17-15)13-7-9-19-11-13/h1-5,7,9-11H,6,8H2,(H,16,17). The van der Waals surface area contributed by atoms with Gasteiger partial charge in [0.1, 0.15) is 0 Å². The number of benzene rings is 1. The number of anilines is 1. The largest absolute Gasteiger partial charge is 0.367 e. The van der Waals surface area contributed by atoms with E-state index in [0.717, 1.165) is 30.1 Å². The van der Waals surface area contributed by atoms with Crippen molar-refractivity contribution < 1.29 is 4.52 Å². The summed E-state index contributed by atoms with van der Waals surface area (Å²) in [5, 5.41) is 11.4. The van der Waals surface area contributed by atoms with Gasteiger partial charge in [-0.05, 0) is 23.4 Å². The van der Waals surface area contributed by atoms with Crippen molar-refractivity contribution in [3.63, 3.8) is 0 Å². The van der Waals surface area contributed by atoms with Gasteiger partial charge in [0.05, 0.1) is 0 Å². The van der Waals surface area contributed by atoms with E-state index in [-0.39, 0.29) is 0 Å². The first-order valence-corrected chi connectivity index (χ1v) is 7.13. The minimum absolute atomic E-state index is 0.789. The molecular weight excluding hydrogens is 256 g/mol. The Kier molecular flexibility index (Phi) is 3.61. The topological polar surface area (TPSA) is 38.1 Å². The molecule has 96 valence electrons. The van der Waals surface area contributed by atoms with Crippen LogP contribution in [0.2, 0.25) is 0 Å². The first-order valence-electron chi connectivity index (χ1n) is 6.19. The van der Waals surface area contributed by atoms with Crippen LogP contribution >= 0.6 is 11.3 Å². The molecule has 0 bridgehead atoms.